The standard InChI is InChI=1S/C42H32N2Si/c1-41(2)32-17-28-29-18-33-31(40-27-15-11-9-13-25(27)36(44-5)21-35(40)42(33,3)4)20-38(29)45(6,7)37(28)19-30(32)39-26-14-10-8-12-24(26)23(22-43)16-34(39)41/h8-21H,1-4,6-7H3. The van der Waals surface area contributed by atoms with Crippen molar-refractivity contribution >= 4 is 45.7 Å². The molecule has 0 amide bonds. The number of hydrogen-bond acceptors (Lipinski definition) is 1. The van der Waals surface area contributed by atoms with E-state index in [1.54, 1.807) is 0 Å². The first-order valence-corrected chi connectivity index (χ1v) is 18.8. The Morgan fingerprint density at radius 1 is 0.600 bits per heavy atom. The van der Waals surface area contributed by atoms with E-state index in [1.165, 1.54) is 76.8 Å². The van der Waals surface area contributed by atoms with Crippen molar-refractivity contribution in [1.29, 1.82) is 5.26 Å². The molecule has 214 valence electrons. The molecule has 0 saturated heterocycles. The molecule has 0 saturated carbocycles. The van der Waals surface area contributed by atoms with Gasteiger partial charge in [-0.3, -0.25) is 0 Å². The van der Waals surface area contributed by atoms with E-state index in [0.717, 1.165) is 22.0 Å². The number of rotatable bonds is 0. The van der Waals surface area contributed by atoms with Gasteiger partial charge in [0.05, 0.1) is 18.2 Å². The van der Waals surface area contributed by atoms with Crippen molar-refractivity contribution in [2.45, 2.75) is 51.6 Å². The van der Waals surface area contributed by atoms with Crippen LogP contribution < -0.4 is 10.4 Å². The fraction of sp³-hybridized carbons (Fsp3) is 0.190. The predicted molar refractivity (Wildman–Crippen MR) is 190 cm³/mol. The van der Waals surface area contributed by atoms with Gasteiger partial charge in [-0.05, 0) is 100 Å². The summed E-state index contributed by atoms with van der Waals surface area (Å²) >= 11 is 0. The van der Waals surface area contributed by atoms with Gasteiger partial charge in [-0.15, -0.1) is 0 Å². The van der Waals surface area contributed by atoms with E-state index < -0.39 is 8.07 Å². The summed E-state index contributed by atoms with van der Waals surface area (Å²) in [6.07, 6.45) is 0. The highest BCUT2D eigenvalue weighted by molar-refractivity contribution is 7.04. The van der Waals surface area contributed by atoms with Crippen molar-refractivity contribution in [3.05, 3.63) is 124 Å². The van der Waals surface area contributed by atoms with Crippen LogP contribution in [0.15, 0.2) is 84.9 Å². The second-order valence-electron chi connectivity index (χ2n) is 14.7. The second kappa shape index (κ2) is 8.19. The molecule has 0 aromatic heterocycles. The van der Waals surface area contributed by atoms with Gasteiger partial charge in [0.15, 0.2) is 5.69 Å². The van der Waals surface area contributed by atoms with Crippen LogP contribution in [0.1, 0.15) is 55.5 Å². The third-order valence-corrected chi connectivity index (χ3v) is 15.0. The summed E-state index contributed by atoms with van der Waals surface area (Å²) in [5.74, 6) is 0. The van der Waals surface area contributed by atoms with Gasteiger partial charge >= 0.3 is 0 Å². The van der Waals surface area contributed by atoms with Crippen molar-refractivity contribution in [3.8, 4) is 39.4 Å². The summed E-state index contributed by atoms with van der Waals surface area (Å²) in [7, 11) is -2.07. The number of hydrogen-bond donors (Lipinski definition) is 0. The smallest absolute Gasteiger partial charge is 0.195 e. The molecule has 1 heterocycles. The van der Waals surface area contributed by atoms with Crippen LogP contribution >= 0.6 is 0 Å². The molecule has 1 aliphatic heterocycles. The summed E-state index contributed by atoms with van der Waals surface area (Å²) in [6, 6.07) is 33.7. The Labute approximate surface area is 265 Å². The molecule has 45 heavy (non-hydrogen) atoms. The number of fused-ring (bicyclic) bond motifs is 13. The maximum absolute atomic E-state index is 10.1. The normalized spacial score (nSPS) is 16.7. The number of nitriles is 1. The highest BCUT2D eigenvalue weighted by Crippen LogP contribution is 2.56. The van der Waals surface area contributed by atoms with Crippen LogP contribution in [-0.4, -0.2) is 8.07 Å². The van der Waals surface area contributed by atoms with E-state index in [0.29, 0.717) is 0 Å². The molecular weight excluding hydrogens is 561 g/mol. The molecule has 6 aromatic rings. The van der Waals surface area contributed by atoms with E-state index in [1.807, 2.05) is 12.1 Å². The second-order valence-corrected chi connectivity index (χ2v) is 19.1. The Hall–Kier alpha value is -4.96. The van der Waals surface area contributed by atoms with E-state index in [-0.39, 0.29) is 10.8 Å². The molecule has 0 fully saturated rings. The Balaban J connectivity index is 1.32. The molecule has 3 heteroatoms. The van der Waals surface area contributed by atoms with Crippen LogP contribution in [-0.2, 0) is 10.8 Å². The van der Waals surface area contributed by atoms with E-state index in [4.69, 9.17) is 6.57 Å². The maximum Gasteiger partial charge on any atom is 0.195 e. The molecular formula is C42H32N2Si. The van der Waals surface area contributed by atoms with Crippen LogP contribution in [0.5, 0.6) is 0 Å². The lowest BCUT2D eigenvalue weighted by atomic mass is 9.79. The minimum absolute atomic E-state index is 0.212. The first kappa shape index (κ1) is 26.4. The number of benzene rings is 6. The first-order valence-electron chi connectivity index (χ1n) is 15.8. The summed E-state index contributed by atoms with van der Waals surface area (Å²) < 4.78 is 0. The molecule has 2 nitrogen and oxygen atoms in total. The highest BCUT2D eigenvalue weighted by Gasteiger charge is 2.46. The van der Waals surface area contributed by atoms with E-state index in [9.17, 15) is 5.26 Å². The Morgan fingerprint density at radius 3 is 1.58 bits per heavy atom. The zero-order chi connectivity index (χ0) is 31.2. The van der Waals surface area contributed by atoms with Crippen molar-refractivity contribution in [1.82, 2.24) is 0 Å². The maximum atomic E-state index is 10.1. The van der Waals surface area contributed by atoms with Crippen molar-refractivity contribution in [2.75, 3.05) is 0 Å². The van der Waals surface area contributed by atoms with Gasteiger partial charge in [0, 0.05) is 16.2 Å². The molecule has 0 N–H and O–H groups in total. The molecule has 2 aliphatic carbocycles. The summed E-state index contributed by atoms with van der Waals surface area (Å²) in [6.45, 7) is 22.3. The van der Waals surface area contributed by atoms with Crippen LogP contribution in [0.3, 0.4) is 0 Å². The van der Waals surface area contributed by atoms with Crippen LogP contribution in [0.2, 0.25) is 13.1 Å². The van der Waals surface area contributed by atoms with Gasteiger partial charge in [-0.1, -0.05) is 108 Å². The van der Waals surface area contributed by atoms with Gasteiger partial charge in [-0.2, -0.15) is 5.26 Å². The van der Waals surface area contributed by atoms with Crippen molar-refractivity contribution in [3.63, 3.8) is 0 Å². The summed E-state index contributed by atoms with van der Waals surface area (Å²) in [5.41, 5.74) is 14.3. The number of nitrogens with zero attached hydrogens (tertiary/aromatic N) is 2. The van der Waals surface area contributed by atoms with Gasteiger partial charge in [0.1, 0.15) is 8.07 Å². The van der Waals surface area contributed by atoms with E-state index >= 15 is 0 Å². The molecule has 0 atom stereocenters. The van der Waals surface area contributed by atoms with Gasteiger partial charge in [-0.25, -0.2) is 4.85 Å². The predicted octanol–water partition coefficient (Wildman–Crippen LogP) is 9.83. The molecule has 0 bridgehead atoms. The lowest BCUT2D eigenvalue weighted by Gasteiger charge is -2.24. The topological polar surface area (TPSA) is 28.1 Å². The van der Waals surface area contributed by atoms with Crippen molar-refractivity contribution < 1.29 is 0 Å². The quantitative estimate of drug-likeness (QED) is 0.127. The average Bonchev–Trinajstić information content (AvgIpc) is 3.51. The van der Waals surface area contributed by atoms with Gasteiger partial charge < -0.3 is 0 Å². The third kappa shape index (κ3) is 3.03. The molecule has 0 spiro atoms. The SMILES string of the molecule is [C-]#[N+]c1cc2c(c3ccccc13)-c1cc3c(cc1C2(C)C)-c1cc2c(cc1[Si]3(C)C)-c1c(cc(C#N)c3ccccc13)C2(C)C. The lowest BCUT2D eigenvalue weighted by Crippen LogP contribution is -2.49. The first-order chi connectivity index (χ1) is 21.5. The zero-order valence-corrected chi connectivity index (χ0v) is 27.5. The molecule has 0 unspecified atom stereocenters. The van der Waals surface area contributed by atoms with Gasteiger partial charge in [0.25, 0.3) is 0 Å². The molecule has 3 aliphatic rings. The van der Waals surface area contributed by atoms with Crippen LogP contribution in [0, 0.1) is 17.9 Å². The monoisotopic (exact) mass is 592 g/mol. The van der Waals surface area contributed by atoms with Crippen LogP contribution in [0.4, 0.5) is 5.69 Å². The lowest BCUT2D eigenvalue weighted by molar-refractivity contribution is 0.660. The Morgan fingerprint density at radius 2 is 1.07 bits per heavy atom. The Kier molecular flexibility index (Phi) is 4.81. The molecule has 9 rings (SSSR count). The zero-order valence-electron chi connectivity index (χ0n) is 26.5. The molecule has 6 aromatic carbocycles. The summed E-state index contributed by atoms with van der Waals surface area (Å²) in [4.78, 5) is 3.95. The van der Waals surface area contributed by atoms with E-state index in [2.05, 4.69) is 124 Å². The summed E-state index contributed by atoms with van der Waals surface area (Å²) in [5, 5.41) is 17.5. The fourth-order valence-corrected chi connectivity index (χ4v) is 12.1. The van der Waals surface area contributed by atoms with Gasteiger partial charge in [0.2, 0.25) is 0 Å². The third-order valence-electron chi connectivity index (χ3n) is 11.5. The minimum atomic E-state index is -2.07. The average molecular weight is 593 g/mol. The Bertz CT molecular complexity index is 2310. The largest absolute Gasteiger partial charge is 0.238 e. The highest BCUT2D eigenvalue weighted by atomic mass is 28.3. The fourth-order valence-electron chi connectivity index (χ4n) is 9.05. The van der Waals surface area contributed by atoms with Crippen molar-refractivity contribution in [2.24, 2.45) is 0 Å². The molecule has 0 radical (unpaired) electrons. The minimum Gasteiger partial charge on any atom is -0.238 e. The van der Waals surface area contributed by atoms with Crippen LogP contribution in [0.25, 0.3) is 59.8 Å².